The zero-order chi connectivity index (χ0) is 25.5. The van der Waals surface area contributed by atoms with Crippen LogP contribution in [0.3, 0.4) is 0 Å². The summed E-state index contributed by atoms with van der Waals surface area (Å²) in [6, 6.07) is 3.56. The number of ether oxygens (including phenoxy) is 1. The number of carbonyl (C=O) groups excluding carboxylic acids is 2. The summed E-state index contributed by atoms with van der Waals surface area (Å²) in [6.45, 7) is 6.64. The van der Waals surface area contributed by atoms with E-state index in [1.165, 1.54) is 16.9 Å². The summed E-state index contributed by atoms with van der Waals surface area (Å²) in [5, 5.41) is 19.1. The SMILES string of the molecule is CCc1nc([C@H](C)NC(=O)c2cc(C(F)F)cc3c2NC(=O)OC3(C)C)n(-c2ncc(C#N)s2)n1. The van der Waals surface area contributed by atoms with Crippen molar-refractivity contribution in [2.24, 2.45) is 0 Å². The number of benzene rings is 1. The Morgan fingerprint density at radius 3 is 2.77 bits per heavy atom. The van der Waals surface area contributed by atoms with Gasteiger partial charge in [0.2, 0.25) is 5.13 Å². The highest BCUT2D eigenvalue weighted by Crippen LogP contribution is 2.40. The first-order chi connectivity index (χ1) is 16.5. The van der Waals surface area contributed by atoms with Gasteiger partial charge in [0.1, 0.15) is 16.5 Å². The van der Waals surface area contributed by atoms with Crippen molar-refractivity contribution in [3.8, 4) is 11.2 Å². The molecule has 0 spiro atoms. The topological polar surface area (TPSA) is 135 Å². The number of nitrogens with zero attached hydrogens (tertiary/aromatic N) is 5. The largest absolute Gasteiger partial charge is 0.438 e. The van der Waals surface area contributed by atoms with Gasteiger partial charge in [-0.3, -0.25) is 10.1 Å². The second-order valence-electron chi connectivity index (χ2n) is 8.28. The van der Waals surface area contributed by atoms with Crippen LogP contribution in [0.15, 0.2) is 18.3 Å². The fourth-order valence-electron chi connectivity index (χ4n) is 3.69. The molecule has 0 aliphatic carbocycles. The molecule has 35 heavy (non-hydrogen) atoms. The number of alkyl halides is 2. The van der Waals surface area contributed by atoms with E-state index < -0.39 is 30.1 Å². The van der Waals surface area contributed by atoms with Crippen LogP contribution in [0.4, 0.5) is 19.3 Å². The maximum absolute atomic E-state index is 13.6. The van der Waals surface area contributed by atoms with Gasteiger partial charge in [-0.05, 0) is 32.9 Å². The first-order valence-corrected chi connectivity index (χ1v) is 11.4. The number of halogens is 2. The molecule has 2 aromatic heterocycles. The number of anilines is 1. The van der Waals surface area contributed by atoms with Crippen molar-refractivity contribution in [2.75, 3.05) is 5.32 Å². The summed E-state index contributed by atoms with van der Waals surface area (Å²) < 4.78 is 34.0. The fourth-order valence-corrected chi connectivity index (χ4v) is 4.36. The molecule has 10 nitrogen and oxygen atoms in total. The van der Waals surface area contributed by atoms with Crippen molar-refractivity contribution in [1.82, 2.24) is 25.1 Å². The predicted molar refractivity (Wildman–Crippen MR) is 122 cm³/mol. The average molecular weight is 502 g/mol. The molecule has 0 fully saturated rings. The van der Waals surface area contributed by atoms with Crippen LogP contribution in [-0.4, -0.2) is 31.7 Å². The summed E-state index contributed by atoms with van der Waals surface area (Å²) in [4.78, 5) is 34.4. The molecule has 0 saturated heterocycles. The minimum Gasteiger partial charge on any atom is -0.438 e. The number of hydrogen-bond donors (Lipinski definition) is 2. The summed E-state index contributed by atoms with van der Waals surface area (Å²) in [6.07, 6.45) is -1.71. The first-order valence-electron chi connectivity index (χ1n) is 10.6. The van der Waals surface area contributed by atoms with Gasteiger partial charge in [0.15, 0.2) is 11.6 Å². The Morgan fingerprint density at radius 1 is 1.40 bits per heavy atom. The number of rotatable bonds is 6. The summed E-state index contributed by atoms with van der Waals surface area (Å²) >= 11 is 1.11. The minimum atomic E-state index is -2.84. The molecule has 0 bridgehead atoms. The van der Waals surface area contributed by atoms with Crippen molar-refractivity contribution in [1.29, 1.82) is 5.26 Å². The molecule has 0 unspecified atom stereocenters. The molecule has 2 N–H and O–H groups in total. The molecule has 0 saturated carbocycles. The zero-order valence-corrected chi connectivity index (χ0v) is 20.0. The van der Waals surface area contributed by atoms with E-state index in [1.54, 1.807) is 20.8 Å². The molecule has 1 aliphatic heterocycles. The van der Waals surface area contributed by atoms with Crippen LogP contribution in [0, 0.1) is 11.3 Å². The molecule has 13 heteroatoms. The maximum atomic E-state index is 13.6. The third kappa shape index (κ3) is 4.57. The third-order valence-corrected chi connectivity index (χ3v) is 6.27. The van der Waals surface area contributed by atoms with Gasteiger partial charge in [-0.2, -0.15) is 9.94 Å². The molecular weight excluding hydrogens is 480 g/mol. The van der Waals surface area contributed by atoms with Gasteiger partial charge in [-0.1, -0.05) is 18.3 Å². The smallest absolute Gasteiger partial charge is 0.412 e. The Bertz CT molecular complexity index is 1360. The quantitative estimate of drug-likeness (QED) is 0.512. The number of fused-ring (bicyclic) bond motifs is 1. The fraction of sp³-hybridized carbons (Fsp3) is 0.364. The Morgan fingerprint density at radius 2 is 2.14 bits per heavy atom. The van der Waals surface area contributed by atoms with Crippen molar-refractivity contribution in [3.63, 3.8) is 0 Å². The number of cyclic esters (lactones) is 1. The lowest BCUT2D eigenvalue weighted by Crippen LogP contribution is -2.37. The van der Waals surface area contributed by atoms with Crippen LogP contribution in [-0.2, 0) is 16.8 Å². The highest BCUT2D eigenvalue weighted by Gasteiger charge is 2.37. The van der Waals surface area contributed by atoms with Gasteiger partial charge in [0, 0.05) is 17.5 Å². The molecule has 1 atom stereocenters. The lowest BCUT2D eigenvalue weighted by Gasteiger charge is -2.34. The number of thiazole rings is 1. The van der Waals surface area contributed by atoms with Crippen molar-refractivity contribution in [2.45, 2.75) is 52.2 Å². The van der Waals surface area contributed by atoms with E-state index in [-0.39, 0.29) is 22.4 Å². The van der Waals surface area contributed by atoms with Gasteiger partial charge in [0.05, 0.1) is 23.5 Å². The van der Waals surface area contributed by atoms with Crippen LogP contribution in [0.1, 0.15) is 78.2 Å². The number of carbonyl (C=O) groups is 2. The average Bonchev–Trinajstić information content (AvgIpc) is 3.44. The number of nitrogens with one attached hydrogen (secondary N) is 2. The highest BCUT2D eigenvalue weighted by atomic mass is 32.1. The molecule has 1 aliphatic rings. The van der Waals surface area contributed by atoms with Gasteiger partial charge in [0.25, 0.3) is 12.3 Å². The second-order valence-corrected chi connectivity index (χ2v) is 9.29. The molecule has 182 valence electrons. The number of aryl methyl sites for hydroxylation is 1. The van der Waals surface area contributed by atoms with Crippen LogP contribution in [0.5, 0.6) is 0 Å². The maximum Gasteiger partial charge on any atom is 0.412 e. The molecule has 3 aromatic rings. The predicted octanol–water partition coefficient (Wildman–Crippen LogP) is 4.38. The van der Waals surface area contributed by atoms with Crippen molar-refractivity contribution in [3.05, 3.63) is 51.5 Å². The number of aromatic nitrogens is 4. The lowest BCUT2D eigenvalue weighted by atomic mass is 9.90. The zero-order valence-electron chi connectivity index (χ0n) is 19.2. The number of nitriles is 1. The van der Waals surface area contributed by atoms with E-state index in [9.17, 15) is 18.4 Å². The molecule has 4 rings (SSSR count). The number of amides is 2. The number of hydrogen-bond acceptors (Lipinski definition) is 8. The standard InChI is InChI=1S/C22H21F2N7O3S/c1-5-15-28-18(31(30-15)20-26-9-12(8-25)35-20)10(2)27-19(32)13-6-11(17(23)24)7-14-16(13)29-21(33)34-22(14,3)4/h6-7,9-10,17H,5H2,1-4H3,(H,27,32)(H,29,33)/t10-/m0/s1. The molecule has 1 aromatic carbocycles. The van der Waals surface area contributed by atoms with Gasteiger partial charge >= 0.3 is 6.09 Å². The summed E-state index contributed by atoms with van der Waals surface area (Å²) in [7, 11) is 0. The monoisotopic (exact) mass is 501 g/mol. The van der Waals surface area contributed by atoms with Crippen LogP contribution in [0.2, 0.25) is 0 Å². The lowest BCUT2D eigenvalue weighted by molar-refractivity contribution is 0.0416. The van der Waals surface area contributed by atoms with Crippen LogP contribution < -0.4 is 10.6 Å². The van der Waals surface area contributed by atoms with Gasteiger partial charge < -0.3 is 10.1 Å². The van der Waals surface area contributed by atoms with E-state index in [2.05, 4.69) is 25.7 Å². The van der Waals surface area contributed by atoms with E-state index in [0.29, 0.717) is 28.1 Å². The van der Waals surface area contributed by atoms with E-state index in [0.717, 1.165) is 17.4 Å². The Labute approximate surface area is 203 Å². The Balaban J connectivity index is 1.72. The van der Waals surface area contributed by atoms with Crippen LogP contribution in [0.25, 0.3) is 5.13 Å². The van der Waals surface area contributed by atoms with E-state index >= 15 is 0 Å². The first kappa shape index (κ1) is 24.2. The normalized spacial score (nSPS) is 15.1. The Kier molecular flexibility index (Phi) is 6.25. The van der Waals surface area contributed by atoms with E-state index in [1.807, 2.05) is 13.0 Å². The molecule has 0 radical (unpaired) electrons. The second kappa shape index (κ2) is 9.03. The van der Waals surface area contributed by atoms with Crippen LogP contribution >= 0.6 is 11.3 Å². The van der Waals surface area contributed by atoms with Gasteiger partial charge in [-0.25, -0.2) is 23.5 Å². The Hall–Kier alpha value is -3.92. The molecule has 2 amide bonds. The van der Waals surface area contributed by atoms with Crippen molar-refractivity contribution < 1.29 is 23.1 Å². The third-order valence-electron chi connectivity index (χ3n) is 5.39. The summed E-state index contributed by atoms with van der Waals surface area (Å²) in [5.41, 5.74) is -1.36. The molecular formula is C22H21F2N7O3S. The van der Waals surface area contributed by atoms with Gasteiger partial charge in [-0.15, -0.1) is 5.10 Å². The molecule has 3 heterocycles. The highest BCUT2D eigenvalue weighted by molar-refractivity contribution is 7.14. The minimum absolute atomic E-state index is 0.106. The van der Waals surface area contributed by atoms with E-state index in [4.69, 9.17) is 10.00 Å². The summed E-state index contributed by atoms with van der Waals surface area (Å²) in [5.74, 6) is 0.150. The van der Waals surface area contributed by atoms with Crippen molar-refractivity contribution >= 4 is 29.0 Å².